The molecule has 0 bridgehead atoms. The molecule has 0 aliphatic carbocycles. The predicted octanol–water partition coefficient (Wildman–Crippen LogP) is 4.16. The van der Waals surface area contributed by atoms with Gasteiger partial charge >= 0.3 is 0 Å². The average Bonchev–Trinajstić information content (AvgIpc) is 3.15. The number of rotatable bonds is 7. The molecule has 5 nitrogen and oxygen atoms in total. The van der Waals surface area contributed by atoms with Crippen molar-refractivity contribution in [3.05, 3.63) is 72.6 Å². The van der Waals surface area contributed by atoms with Gasteiger partial charge in [0.05, 0.1) is 6.54 Å². The Bertz CT molecular complexity index is 783. The highest BCUT2D eigenvalue weighted by atomic mass is 19.1. The number of benzene rings is 2. The van der Waals surface area contributed by atoms with Gasteiger partial charge in [-0.3, -0.25) is 0 Å². The van der Waals surface area contributed by atoms with Gasteiger partial charge in [0.1, 0.15) is 35.6 Å². The zero-order valence-corrected chi connectivity index (χ0v) is 14.2. The van der Waals surface area contributed by atoms with Crippen molar-refractivity contribution in [3.8, 4) is 11.5 Å². The molecule has 0 spiro atoms. The van der Waals surface area contributed by atoms with Crippen molar-refractivity contribution >= 4 is 0 Å². The number of nitrogens with zero attached hydrogens (tertiary/aromatic N) is 3. The molecule has 130 valence electrons. The Hall–Kier alpha value is -2.73. The minimum absolute atomic E-state index is 0.288. The fourth-order valence-electron chi connectivity index (χ4n) is 2.78. The van der Waals surface area contributed by atoms with E-state index in [-0.39, 0.29) is 5.82 Å². The lowest BCUT2D eigenvalue weighted by molar-refractivity contribution is -0.0354. The van der Waals surface area contributed by atoms with Gasteiger partial charge in [-0.15, -0.1) is 0 Å². The van der Waals surface area contributed by atoms with Crippen LogP contribution in [-0.2, 0) is 16.9 Å². The molecule has 3 aromatic rings. The van der Waals surface area contributed by atoms with Crippen LogP contribution in [0.2, 0.25) is 0 Å². The van der Waals surface area contributed by atoms with Crippen LogP contribution in [0.5, 0.6) is 11.5 Å². The molecule has 0 saturated carbocycles. The van der Waals surface area contributed by atoms with Crippen molar-refractivity contribution in [3.63, 3.8) is 0 Å². The van der Waals surface area contributed by atoms with Crippen LogP contribution in [0.1, 0.15) is 18.9 Å². The third kappa shape index (κ3) is 3.85. The van der Waals surface area contributed by atoms with Crippen molar-refractivity contribution in [1.82, 2.24) is 14.8 Å². The summed E-state index contributed by atoms with van der Waals surface area (Å²) < 4.78 is 26.3. The molecule has 1 heterocycles. The molecule has 3 rings (SSSR count). The number of hydrogen-bond acceptors (Lipinski definition) is 4. The highest BCUT2D eigenvalue weighted by Crippen LogP contribution is 2.32. The zero-order valence-electron chi connectivity index (χ0n) is 14.2. The van der Waals surface area contributed by atoms with Crippen LogP contribution in [0.25, 0.3) is 0 Å². The van der Waals surface area contributed by atoms with Gasteiger partial charge in [-0.25, -0.2) is 14.1 Å². The Morgan fingerprint density at radius 1 is 1.04 bits per heavy atom. The van der Waals surface area contributed by atoms with Crippen LogP contribution < -0.4 is 4.74 Å². The van der Waals surface area contributed by atoms with Gasteiger partial charge in [0.2, 0.25) is 0 Å². The molecule has 0 saturated heterocycles. The summed E-state index contributed by atoms with van der Waals surface area (Å²) in [5.41, 5.74) is 0.529. The molecule has 0 fully saturated rings. The van der Waals surface area contributed by atoms with Crippen molar-refractivity contribution in [1.29, 1.82) is 0 Å². The number of halogens is 1. The van der Waals surface area contributed by atoms with E-state index in [1.807, 2.05) is 24.3 Å². The lowest BCUT2D eigenvalue weighted by Crippen LogP contribution is -2.33. The standard InChI is InChI=1S/C19H20FN3O2/c1-3-19(24-2,12-23-14-21-13-22-23)15-4-8-17(9-5-15)25-18-10-6-16(20)7-11-18/h4-11,13-14H,3,12H2,1-2H3. The number of hydrogen-bond donors (Lipinski definition) is 0. The quantitative estimate of drug-likeness (QED) is 0.647. The predicted molar refractivity (Wildman–Crippen MR) is 91.9 cm³/mol. The van der Waals surface area contributed by atoms with Crippen LogP contribution in [-0.4, -0.2) is 21.9 Å². The normalized spacial score (nSPS) is 13.4. The third-order valence-corrected chi connectivity index (χ3v) is 4.28. The lowest BCUT2D eigenvalue weighted by atomic mass is 9.90. The van der Waals surface area contributed by atoms with Crippen LogP contribution in [0.4, 0.5) is 4.39 Å². The van der Waals surface area contributed by atoms with E-state index in [2.05, 4.69) is 17.0 Å². The van der Waals surface area contributed by atoms with Crippen molar-refractivity contribution in [2.75, 3.05) is 7.11 Å². The largest absolute Gasteiger partial charge is 0.457 e. The molecule has 1 atom stereocenters. The Morgan fingerprint density at radius 3 is 2.20 bits per heavy atom. The topological polar surface area (TPSA) is 49.2 Å². The Labute approximate surface area is 146 Å². The summed E-state index contributed by atoms with van der Waals surface area (Å²) in [6, 6.07) is 13.6. The van der Waals surface area contributed by atoms with Gasteiger partial charge in [0, 0.05) is 7.11 Å². The lowest BCUT2D eigenvalue weighted by Gasteiger charge is -2.31. The van der Waals surface area contributed by atoms with Crippen molar-refractivity contribution in [2.24, 2.45) is 0 Å². The summed E-state index contributed by atoms with van der Waals surface area (Å²) in [5, 5.41) is 4.17. The van der Waals surface area contributed by atoms with Gasteiger partial charge < -0.3 is 9.47 Å². The number of ether oxygens (including phenoxy) is 2. The zero-order chi connectivity index (χ0) is 17.7. The van der Waals surface area contributed by atoms with Crippen molar-refractivity contribution in [2.45, 2.75) is 25.5 Å². The van der Waals surface area contributed by atoms with Crippen LogP contribution in [0, 0.1) is 5.82 Å². The van der Waals surface area contributed by atoms with E-state index >= 15 is 0 Å². The average molecular weight is 341 g/mol. The van der Waals surface area contributed by atoms with Gasteiger partial charge in [0.25, 0.3) is 0 Å². The first-order valence-corrected chi connectivity index (χ1v) is 8.07. The van der Waals surface area contributed by atoms with E-state index in [1.165, 1.54) is 18.5 Å². The second-order valence-corrected chi connectivity index (χ2v) is 5.73. The maximum Gasteiger partial charge on any atom is 0.137 e. The summed E-state index contributed by atoms with van der Waals surface area (Å²) in [6.07, 6.45) is 3.96. The third-order valence-electron chi connectivity index (χ3n) is 4.28. The van der Waals surface area contributed by atoms with E-state index < -0.39 is 5.60 Å². The van der Waals surface area contributed by atoms with Crippen LogP contribution in [0.3, 0.4) is 0 Å². The molecule has 6 heteroatoms. The minimum atomic E-state index is -0.498. The minimum Gasteiger partial charge on any atom is -0.457 e. The van der Waals surface area contributed by atoms with Gasteiger partial charge in [-0.05, 0) is 48.4 Å². The first kappa shape index (κ1) is 17.1. The number of methoxy groups -OCH3 is 1. The molecule has 1 unspecified atom stereocenters. The summed E-state index contributed by atoms with van der Waals surface area (Å²) in [7, 11) is 1.70. The second-order valence-electron chi connectivity index (χ2n) is 5.73. The molecule has 1 aromatic heterocycles. The summed E-state index contributed by atoms with van der Waals surface area (Å²) >= 11 is 0. The van der Waals surface area contributed by atoms with E-state index in [4.69, 9.17) is 9.47 Å². The van der Waals surface area contributed by atoms with E-state index in [0.29, 0.717) is 18.0 Å². The fraction of sp³-hybridized carbons (Fsp3) is 0.263. The van der Waals surface area contributed by atoms with E-state index in [1.54, 1.807) is 30.3 Å². The van der Waals surface area contributed by atoms with E-state index in [9.17, 15) is 4.39 Å². The molecular weight excluding hydrogens is 321 g/mol. The molecule has 2 aromatic carbocycles. The molecule has 0 radical (unpaired) electrons. The van der Waals surface area contributed by atoms with Gasteiger partial charge in [-0.2, -0.15) is 5.10 Å². The highest BCUT2D eigenvalue weighted by molar-refractivity contribution is 5.35. The maximum atomic E-state index is 13.0. The second kappa shape index (κ2) is 7.44. The Kier molecular flexibility index (Phi) is 5.09. The van der Waals surface area contributed by atoms with Crippen LogP contribution >= 0.6 is 0 Å². The molecule has 0 amide bonds. The van der Waals surface area contributed by atoms with Crippen molar-refractivity contribution < 1.29 is 13.9 Å². The smallest absolute Gasteiger partial charge is 0.137 e. The SMILES string of the molecule is CCC(Cn1cncn1)(OC)c1ccc(Oc2ccc(F)cc2)cc1. The molecule has 0 aliphatic rings. The first-order chi connectivity index (χ1) is 12.1. The summed E-state index contributed by atoms with van der Waals surface area (Å²) in [5.74, 6) is 0.978. The molecule has 0 N–H and O–H groups in total. The Balaban J connectivity index is 1.80. The molecular formula is C19H20FN3O2. The first-order valence-electron chi connectivity index (χ1n) is 8.07. The summed E-state index contributed by atoms with van der Waals surface area (Å²) in [4.78, 5) is 3.99. The van der Waals surface area contributed by atoms with Crippen LogP contribution in [0.15, 0.2) is 61.2 Å². The fourth-order valence-corrected chi connectivity index (χ4v) is 2.78. The number of aromatic nitrogens is 3. The summed E-state index contributed by atoms with van der Waals surface area (Å²) in [6.45, 7) is 2.64. The highest BCUT2D eigenvalue weighted by Gasteiger charge is 2.31. The molecule has 0 aliphatic heterocycles. The monoisotopic (exact) mass is 341 g/mol. The van der Waals surface area contributed by atoms with Gasteiger partial charge in [0.15, 0.2) is 0 Å². The molecule has 25 heavy (non-hydrogen) atoms. The Morgan fingerprint density at radius 2 is 1.68 bits per heavy atom. The maximum absolute atomic E-state index is 13.0. The van der Waals surface area contributed by atoms with E-state index in [0.717, 1.165) is 12.0 Å². The van der Waals surface area contributed by atoms with Gasteiger partial charge in [-0.1, -0.05) is 19.1 Å².